The first-order valence-corrected chi connectivity index (χ1v) is 13.6. The fourth-order valence-corrected chi connectivity index (χ4v) is 6.44. The Bertz CT molecular complexity index is 1600. The van der Waals surface area contributed by atoms with Gasteiger partial charge in [-0.1, -0.05) is 56.3 Å². The second-order valence-corrected chi connectivity index (χ2v) is 11.9. The Hall–Kier alpha value is -3.85. The number of carbonyl (C=O) groups is 1. The Morgan fingerprint density at radius 3 is 2.60 bits per heavy atom. The van der Waals surface area contributed by atoms with Gasteiger partial charge in [-0.2, -0.15) is 0 Å². The van der Waals surface area contributed by atoms with E-state index in [1.54, 1.807) is 31.3 Å². The molecule has 9 heteroatoms. The summed E-state index contributed by atoms with van der Waals surface area (Å²) >= 11 is 0. The number of benzene rings is 2. The number of hydrogen-bond acceptors (Lipinski definition) is 5. The van der Waals surface area contributed by atoms with E-state index in [4.69, 9.17) is 10.7 Å². The van der Waals surface area contributed by atoms with E-state index in [-0.39, 0.29) is 28.8 Å². The van der Waals surface area contributed by atoms with Crippen LogP contribution in [-0.2, 0) is 10.4 Å². The molecule has 7 nitrogen and oxygen atoms in total. The van der Waals surface area contributed by atoms with Crippen LogP contribution < -0.4 is 5.73 Å². The van der Waals surface area contributed by atoms with Crippen molar-refractivity contribution in [1.29, 1.82) is 0 Å². The van der Waals surface area contributed by atoms with Crippen molar-refractivity contribution >= 4 is 17.2 Å². The molecule has 0 saturated carbocycles. The average Bonchev–Trinajstić information content (AvgIpc) is 3.44. The average molecular weight is 546 g/mol. The van der Waals surface area contributed by atoms with Gasteiger partial charge in [0.25, 0.3) is 6.43 Å². The number of amides is 1. The van der Waals surface area contributed by atoms with Crippen LogP contribution in [0.4, 0.5) is 14.6 Å². The molecule has 0 radical (unpaired) electrons. The molecule has 2 saturated heterocycles. The van der Waals surface area contributed by atoms with Crippen LogP contribution >= 0.6 is 0 Å². The zero-order valence-electron chi connectivity index (χ0n) is 22.8. The summed E-state index contributed by atoms with van der Waals surface area (Å²) in [6.07, 6.45) is 3.62. The van der Waals surface area contributed by atoms with Crippen molar-refractivity contribution in [2.45, 2.75) is 64.0 Å². The Kier molecular flexibility index (Phi) is 6.18. The van der Waals surface area contributed by atoms with Crippen LogP contribution in [0.15, 0.2) is 60.9 Å². The fraction of sp³-hybridized carbons (Fsp3) is 0.387. The van der Waals surface area contributed by atoms with Crippen molar-refractivity contribution in [2.24, 2.45) is 5.41 Å². The number of aliphatic hydroxyl groups is 1. The highest BCUT2D eigenvalue weighted by Gasteiger charge is 2.48. The lowest BCUT2D eigenvalue weighted by Gasteiger charge is -2.34. The van der Waals surface area contributed by atoms with Crippen LogP contribution in [0, 0.1) is 5.41 Å². The second-order valence-electron chi connectivity index (χ2n) is 11.9. The lowest BCUT2D eigenvalue weighted by atomic mass is 9.87. The lowest BCUT2D eigenvalue weighted by Crippen LogP contribution is -2.42. The Labute approximate surface area is 231 Å². The number of nitrogen functional groups attached to an aromatic ring is 1. The summed E-state index contributed by atoms with van der Waals surface area (Å²) in [4.78, 5) is 24.5. The smallest absolute Gasteiger partial charge is 0.263 e. The van der Waals surface area contributed by atoms with Crippen LogP contribution in [0.5, 0.6) is 0 Å². The summed E-state index contributed by atoms with van der Waals surface area (Å²) in [5.41, 5.74) is 7.51. The molecular formula is C31H33F2N5O2. The van der Waals surface area contributed by atoms with Gasteiger partial charge < -0.3 is 15.7 Å². The van der Waals surface area contributed by atoms with Crippen molar-refractivity contribution in [3.63, 3.8) is 0 Å². The molecule has 3 atom stereocenters. The third kappa shape index (κ3) is 4.23. The summed E-state index contributed by atoms with van der Waals surface area (Å²) < 4.78 is 28.5. The van der Waals surface area contributed by atoms with Crippen molar-refractivity contribution in [3.05, 3.63) is 83.4 Å². The Balaban J connectivity index is 1.35. The number of halogens is 2. The fourth-order valence-electron chi connectivity index (χ4n) is 6.44. The van der Waals surface area contributed by atoms with E-state index in [9.17, 15) is 18.7 Å². The number of piperidine rings is 1. The van der Waals surface area contributed by atoms with E-state index in [1.807, 2.05) is 41.5 Å². The topological polar surface area (TPSA) is 96.8 Å². The third-order valence-corrected chi connectivity index (χ3v) is 8.69. The highest BCUT2D eigenvalue weighted by molar-refractivity contribution is 5.86. The van der Waals surface area contributed by atoms with Crippen LogP contribution in [0.3, 0.4) is 0 Å². The summed E-state index contributed by atoms with van der Waals surface area (Å²) in [6, 6.07) is 13.4. The van der Waals surface area contributed by atoms with Crippen molar-refractivity contribution in [1.82, 2.24) is 19.3 Å². The Morgan fingerprint density at radius 2 is 1.88 bits per heavy atom. The standard InChI is InChI=1S/C31H33F2N5O2/c1-30(2)16-23-12-9-20(17-38(23)29(30)39)28-36-24(25-27(34)35-13-14-37(25)28)18-7-10-21(11-8-18)31(3,40)22-6-4-5-19(15-22)26(32)33/h4-8,10-11,13-15,20,23,26,40H,9,12,16-17H2,1-3H3,(H2,34,35)/t20-,23+,31-/m1/s1. The molecule has 3 N–H and O–H groups in total. The number of fused-ring (bicyclic) bond motifs is 2. The number of hydrogen-bond donors (Lipinski definition) is 2. The third-order valence-electron chi connectivity index (χ3n) is 8.69. The van der Waals surface area contributed by atoms with E-state index in [0.29, 0.717) is 34.7 Å². The van der Waals surface area contributed by atoms with Gasteiger partial charge in [-0.25, -0.2) is 18.7 Å². The minimum atomic E-state index is -2.62. The van der Waals surface area contributed by atoms with E-state index < -0.39 is 12.0 Å². The molecule has 4 heterocycles. The zero-order valence-corrected chi connectivity index (χ0v) is 22.8. The largest absolute Gasteiger partial charge is 0.382 e. The summed E-state index contributed by atoms with van der Waals surface area (Å²) in [5, 5.41) is 11.3. The van der Waals surface area contributed by atoms with Crippen molar-refractivity contribution in [3.8, 4) is 11.3 Å². The molecule has 2 aliphatic rings. The number of rotatable bonds is 5. The highest BCUT2D eigenvalue weighted by Crippen LogP contribution is 2.44. The van der Waals surface area contributed by atoms with Crippen LogP contribution in [0.1, 0.15) is 74.9 Å². The molecule has 2 aromatic carbocycles. The molecule has 1 amide bonds. The molecule has 2 fully saturated rings. The minimum absolute atomic E-state index is 0.0549. The van der Waals surface area contributed by atoms with Gasteiger partial charge in [0.15, 0.2) is 0 Å². The van der Waals surface area contributed by atoms with Crippen LogP contribution in [-0.4, -0.2) is 42.9 Å². The molecule has 40 heavy (non-hydrogen) atoms. The van der Waals surface area contributed by atoms with Gasteiger partial charge in [0, 0.05) is 47.4 Å². The van der Waals surface area contributed by atoms with Gasteiger partial charge in [-0.05, 0) is 43.4 Å². The van der Waals surface area contributed by atoms with Gasteiger partial charge in [-0.3, -0.25) is 9.20 Å². The molecule has 2 aromatic heterocycles. The number of anilines is 1. The van der Waals surface area contributed by atoms with Gasteiger partial charge in [-0.15, -0.1) is 0 Å². The molecule has 0 aliphatic carbocycles. The molecule has 6 rings (SSSR count). The van der Waals surface area contributed by atoms with Gasteiger partial charge in [0.2, 0.25) is 5.91 Å². The number of nitrogens with zero attached hydrogens (tertiary/aromatic N) is 4. The van der Waals surface area contributed by atoms with E-state index in [2.05, 4.69) is 4.98 Å². The van der Waals surface area contributed by atoms with Crippen molar-refractivity contribution in [2.75, 3.05) is 12.3 Å². The maximum Gasteiger partial charge on any atom is 0.263 e. The minimum Gasteiger partial charge on any atom is -0.382 e. The molecule has 0 unspecified atom stereocenters. The number of carbonyl (C=O) groups excluding carboxylic acids is 1. The maximum absolute atomic E-state index is 13.3. The maximum atomic E-state index is 13.3. The normalized spacial score (nSPS) is 22.1. The first-order valence-electron chi connectivity index (χ1n) is 13.6. The van der Waals surface area contributed by atoms with Crippen molar-refractivity contribution < 1.29 is 18.7 Å². The predicted octanol–water partition coefficient (Wildman–Crippen LogP) is 5.68. The Morgan fingerprint density at radius 1 is 1.12 bits per heavy atom. The lowest BCUT2D eigenvalue weighted by molar-refractivity contribution is -0.136. The molecule has 0 bridgehead atoms. The number of alkyl halides is 2. The van der Waals surface area contributed by atoms with Gasteiger partial charge in [0.1, 0.15) is 28.5 Å². The van der Waals surface area contributed by atoms with Crippen LogP contribution in [0.25, 0.3) is 16.8 Å². The second kappa shape index (κ2) is 9.37. The number of nitrogens with two attached hydrogens (primary N) is 1. The van der Waals surface area contributed by atoms with Gasteiger partial charge >= 0.3 is 0 Å². The number of aromatic nitrogens is 3. The predicted molar refractivity (Wildman–Crippen MR) is 149 cm³/mol. The molecule has 0 spiro atoms. The molecule has 208 valence electrons. The van der Waals surface area contributed by atoms with E-state index in [0.717, 1.165) is 30.7 Å². The SMILES string of the molecule is CC1(C)C[C@@H]2CC[C@@H](c3nc(-c4ccc([C@@](C)(O)c5cccc(C(F)F)c5)cc4)c4c(N)nccn34)CN2C1=O. The molecule has 4 aromatic rings. The summed E-state index contributed by atoms with van der Waals surface area (Å²) in [7, 11) is 0. The van der Waals surface area contributed by atoms with E-state index in [1.165, 1.54) is 18.2 Å². The summed E-state index contributed by atoms with van der Waals surface area (Å²) in [6.45, 7) is 6.26. The highest BCUT2D eigenvalue weighted by atomic mass is 19.3. The first kappa shape index (κ1) is 26.4. The zero-order chi connectivity index (χ0) is 28.4. The summed E-state index contributed by atoms with van der Waals surface area (Å²) in [5.74, 6) is 1.45. The monoisotopic (exact) mass is 545 g/mol. The quantitative estimate of drug-likeness (QED) is 0.337. The van der Waals surface area contributed by atoms with Gasteiger partial charge in [0.05, 0.1) is 0 Å². The van der Waals surface area contributed by atoms with Crippen LogP contribution in [0.2, 0.25) is 0 Å². The number of imidazole rings is 1. The first-order chi connectivity index (χ1) is 19.0. The molecular weight excluding hydrogens is 512 g/mol. The molecule has 2 aliphatic heterocycles. The van der Waals surface area contributed by atoms with E-state index >= 15 is 0 Å².